The van der Waals surface area contributed by atoms with Crippen LogP contribution in [0.25, 0.3) is 0 Å². The van der Waals surface area contributed by atoms with Crippen LogP contribution in [0.5, 0.6) is 5.75 Å². The van der Waals surface area contributed by atoms with Gasteiger partial charge in [0.1, 0.15) is 29.8 Å². The van der Waals surface area contributed by atoms with E-state index in [0.717, 1.165) is 0 Å². The van der Waals surface area contributed by atoms with Crippen LogP contribution >= 0.6 is 0 Å². The summed E-state index contributed by atoms with van der Waals surface area (Å²) in [5.74, 6) is -0.937. The first-order valence-electron chi connectivity index (χ1n) is 7.22. The standard InChI is InChI=1S/C17H16FNO5/c1-11-5-3-8-15(16(11)19(21)22)17(20)24-12(2)10-23-14-7-4-6-13(18)9-14/h3-9,12H,10H2,1-2H3. The number of esters is 1. The largest absolute Gasteiger partial charge is 0.490 e. The van der Waals surface area contributed by atoms with Gasteiger partial charge in [-0.25, -0.2) is 9.18 Å². The molecule has 0 aliphatic heterocycles. The molecule has 126 valence electrons. The van der Waals surface area contributed by atoms with E-state index in [1.165, 1.54) is 24.3 Å². The Labute approximate surface area is 138 Å². The summed E-state index contributed by atoms with van der Waals surface area (Å²) in [4.78, 5) is 22.7. The van der Waals surface area contributed by atoms with E-state index in [1.54, 1.807) is 32.0 Å². The molecule has 0 saturated heterocycles. The van der Waals surface area contributed by atoms with Gasteiger partial charge in [-0.05, 0) is 32.0 Å². The number of hydrogen-bond donors (Lipinski definition) is 0. The Morgan fingerprint density at radius 3 is 2.67 bits per heavy atom. The number of aryl methyl sites for hydroxylation is 1. The highest BCUT2D eigenvalue weighted by molar-refractivity contribution is 5.94. The number of para-hydroxylation sites is 1. The first-order valence-corrected chi connectivity index (χ1v) is 7.22. The van der Waals surface area contributed by atoms with E-state index in [2.05, 4.69) is 0 Å². The third-order valence-corrected chi connectivity index (χ3v) is 3.23. The van der Waals surface area contributed by atoms with E-state index in [9.17, 15) is 19.3 Å². The first-order chi connectivity index (χ1) is 11.4. The van der Waals surface area contributed by atoms with Crippen LogP contribution in [0, 0.1) is 22.9 Å². The van der Waals surface area contributed by atoms with Crippen LogP contribution in [0.2, 0.25) is 0 Å². The minimum absolute atomic E-state index is 0.00515. The van der Waals surface area contributed by atoms with Crippen molar-refractivity contribution in [2.75, 3.05) is 6.61 Å². The Morgan fingerprint density at radius 2 is 2.00 bits per heavy atom. The Kier molecular flexibility index (Phi) is 5.47. The van der Waals surface area contributed by atoms with Crippen LogP contribution in [0.3, 0.4) is 0 Å². The van der Waals surface area contributed by atoms with Crippen LogP contribution in [0.4, 0.5) is 10.1 Å². The zero-order valence-electron chi connectivity index (χ0n) is 13.2. The lowest BCUT2D eigenvalue weighted by molar-refractivity contribution is -0.385. The topological polar surface area (TPSA) is 78.7 Å². The second-order valence-electron chi connectivity index (χ2n) is 5.21. The Balaban J connectivity index is 2.02. The number of ether oxygens (including phenoxy) is 2. The molecule has 6 nitrogen and oxygen atoms in total. The van der Waals surface area contributed by atoms with Gasteiger partial charge in [-0.1, -0.05) is 18.2 Å². The summed E-state index contributed by atoms with van der Waals surface area (Å²) in [6, 6.07) is 10.00. The second kappa shape index (κ2) is 7.54. The van der Waals surface area contributed by atoms with Gasteiger partial charge >= 0.3 is 5.97 Å². The smallest absolute Gasteiger partial charge is 0.345 e. The van der Waals surface area contributed by atoms with E-state index in [1.807, 2.05) is 0 Å². The molecule has 2 rings (SSSR count). The fraction of sp³-hybridized carbons (Fsp3) is 0.235. The SMILES string of the molecule is Cc1cccc(C(=O)OC(C)COc2cccc(F)c2)c1[N+](=O)[O-]. The second-order valence-corrected chi connectivity index (χ2v) is 5.21. The van der Waals surface area contributed by atoms with Crippen molar-refractivity contribution in [2.45, 2.75) is 20.0 Å². The van der Waals surface area contributed by atoms with Crippen LogP contribution < -0.4 is 4.74 Å². The molecular formula is C17H16FNO5. The van der Waals surface area contributed by atoms with Gasteiger partial charge in [0.2, 0.25) is 0 Å². The minimum Gasteiger partial charge on any atom is -0.490 e. The predicted octanol–water partition coefficient (Wildman–Crippen LogP) is 3.67. The highest BCUT2D eigenvalue weighted by Crippen LogP contribution is 2.24. The van der Waals surface area contributed by atoms with Crippen molar-refractivity contribution in [1.82, 2.24) is 0 Å². The maximum Gasteiger partial charge on any atom is 0.345 e. The average molecular weight is 333 g/mol. The van der Waals surface area contributed by atoms with Crippen molar-refractivity contribution in [2.24, 2.45) is 0 Å². The molecule has 2 aromatic rings. The molecule has 2 aromatic carbocycles. The van der Waals surface area contributed by atoms with Crippen LogP contribution in [0.1, 0.15) is 22.8 Å². The predicted molar refractivity (Wildman–Crippen MR) is 84.6 cm³/mol. The molecule has 0 aromatic heterocycles. The van der Waals surface area contributed by atoms with Crippen molar-refractivity contribution in [3.05, 3.63) is 69.5 Å². The molecule has 0 aliphatic carbocycles. The van der Waals surface area contributed by atoms with Crippen molar-refractivity contribution < 1.29 is 23.6 Å². The number of nitro benzene ring substituents is 1. The summed E-state index contributed by atoms with van der Waals surface area (Å²) in [7, 11) is 0. The lowest BCUT2D eigenvalue weighted by atomic mass is 10.1. The van der Waals surface area contributed by atoms with Crippen LogP contribution in [0.15, 0.2) is 42.5 Å². The molecule has 24 heavy (non-hydrogen) atoms. The number of halogens is 1. The van der Waals surface area contributed by atoms with Gasteiger partial charge in [-0.15, -0.1) is 0 Å². The van der Waals surface area contributed by atoms with Gasteiger partial charge in [-0.2, -0.15) is 0 Å². The van der Waals surface area contributed by atoms with Gasteiger partial charge in [0.25, 0.3) is 5.69 Å². The first kappa shape index (κ1) is 17.4. The molecule has 7 heteroatoms. The van der Waals surface area contributed by atoms with E-state index in [-0.39, 0.29) is 17.9 Å². The number of carbonyl (C=O) groups excluding carboxylic acids is 1. The van der Waals surface area contributed by atoms with Gasteiger partial charge in [0.15, 0.2) is 0 Å². The fourth-order valence-electron chi connectivity index (χ4n) is 2.12. The minimum atomic E-state index is -0.805. The Hall–Kier alpha value is -2.96. The molecule has 1 atom stereocenters. The molecule has 0 saturated carbocycles. The quantitative estimate of drug-likeness (QED) is 0.458. The third-order valence-electron chi connectivity index (χ3n) is 3.23. The molecule has 1 unspecified atom stereocenters. The molecule has 0 heterocycles. The van der Waals surface area contributed by atoms with E-state index in [0.29, 0.717) is 11.3 Å². The highest BCUT2D eigenvalue weighted by Gasteiger charge is 2.24. The molecule has 0 fully saturated rings. The summed E-state index contributed by atoms with van der Waals surface area (Å²) >= 11 is 0. The number of nitrogens with zero attached hydrogens (tertiary/aromatic N) is 1. The summed E-state index contributed by atoms with van der Waals surface area (Å²) in [5, 5.41) is 11.1. The van der Waals surface area contributed by atoms with E-state index < -0.39 is 22.8 Å². The Morgan fingerprint density at radius 1 is 1.29 bits per heavy atom. The summed E-state index contributed by atoms with van der Waals surface area (Å²) in [6.07, 6.45) is -0.666. The Bertz CT molecular complexity index is 762. The molecule has 0 spiro atoms. The summed E-state index contributed by atoms with van der Waals surface area (Å²) < 4.78 is 23.6. The maximum atomic E-state index is 13.1. The molecule has 0 aliphatic rings. The molecule has 0 radical (unpaired) electrons. The number of hydrogen-bond acceptors (Lipinski definition) is 5. The van der Waals surface area contributed by atoms with E-state index in [4.69, 9.17) is 9.47 Å². The lowest BCUT2D eigenvalue weighted by Gasteiger charge is -2.14. The van der Waals surface area contributed by atoms with Gasteiger partial charge in [-0.3, -0.25) is 10.1 Å². The third kappa shape index (κ3) is 4.28. The highest BCUT2D eigenvalue weighted by atomic mass is 19.1. The number of nitro groups is 1. The van der Waals surface area contributed by atoms with Gasteiger partial charge in [0, 0.05) is 11.6 Å². The maximum absolute atomic E-state index is 13.1. The van der Waals surface area contributed by atoms with Crippen molar-refractivity contribution in [3.8, 4) is 5.75 Å². The lowest BCUT2D eigenvalue weighted by Crippen LogP contribution is -2.22. The fourth-order valence-corrected chi connectivity index (χ4v) is 2.12. The summed E-state index contributed by atoms with van der Waals surface area (Å²) in [5.41, 5.74) is -0.0172. The molecular weight excluding hydrogens is 317 g/mol. The van der Waals surface area contributed by atoms with Crippen LogP contribution in [-0.4, -0.2) is 23.6 Å². The van der Waals surface area contributed by atoms with Gasteiger partial charge in [0.05, 0.1) is 4.92 Å². The van der Waals surface area contributed by atoms with Crippen molar-refractivity contribution in [3.63, 3.8) is 0 Å². The van der Waals surface area contributed by atoms with Crippen molar-refractivity contribution >= 4 is 11.7 Å². The van der Waals surface area contributed by atoms with Crippen molar-refractivity contribution in [1.29, 1.82) is 0 Å². The normalized spacial score (nSPS) is 11.6. The molecule has 0 amide bonds. The summed E-state index contributed by atoms with van der Waals surface area (Å²) in [6.45, 7) is 3.12. The zero-order chi connectivity index (χ0) is 17.7. The van der Waals surface area contributed by atoms with Gasteiger partial charge < -0.3 is 9.47 Å². The molecule has 0 N–H and O–H groups in total. The zero-order valence-corrected chi connectivity index (χ0v) is 13.2. The molecule has 0 bridgehead atoms. The number of carbonyl (C=O) groups is 1. The van der Waals surface area contributed by atoms with E-state index >= 15 is 0 Å². The monoisotopic (exact) mass is 333 g/mol. The average Bonchev–Trinajstić information content (AvgIpc) is 2.52. The number of benzene rings is 2. The number of rotatable bonds is 6. The van der Waals surface area contributed by atoms with Crippen LogP contribution in [-0.2, 0) is 4.74 Å².